The van der Waals surface area contributed by atoms with Gasteiger partial charge in [-0.05, 0) is 29.8 Å². The maximum atomic E-state index is 13.1. The summed E-state index contributed by atoms with van der Waals surface area (Å²) in [5.74, 6) is -0.455. The first-order valence-electron chi connectivity index (χ1n) is 8.51. The molecule has 1 aliphatic rings. The van der Waals surface area contributed by atoms with Crippen molar-refractivity contribution in [3.8, 4) is 17.2 Å². The summed E-state index contributed by atoms with van der Waals surface area (Å²) in [4.78, 5) is 29.9. The van der Waals surface area contributed by atoms with Crippen molar-refractivity contribution in [2.24, 2.45) is 12.2 Å². The number of carbonyl (C=O) groups excluding carboxylic acids is 1. The Labute approximate surface area is 163 Å². The van der Waals surface area contributed by atoms with Crippen LogP contribution in [0.3, 0.4) is 0 Å². The molecular weight excluding hydrogens is 378 g/mol. The van der Waals surface area contributed by atoms with Crippen LogP contribution in [0.15, 0.2) is 46.3 Å². The zero-order valence-corrected chi connectivity index (χ0v) is 15.5. The average molecular weight is 393 g/mol. The molecule has 2 aromatic carbocycles. The minimum absolute atomic E-state index is 0.0164. The van der Waals surface area contributed by atoms with E-state index in [2.05, 4.69) is 10.0 Å². The molecule has 10 heteroatoms. The molecular formula is C19H15N5O5. The summed E-state index contributed by atoms with van der Waals surface area (Å²) < 4.78 is 12.1. The van der Waals surface area contributed by atoms with Crippen LogP contribution in [0.1, 0.15) is 10.4 Å². The van der Waals surface area contributed by atoms with Gasteiger partial charge in [-0.3, -0.25) is 9.59 Å². The van der Waals surface area contributed by atoms with E-state index >= 15 is 0 Å². The largest absolute Gasteiger partial charge is 0.506 e. The molecule has 29 heavy (non-hydrogen) atoms. The van der Waals surface area contributed by atoms with Gasteiger partial charge in [0, 0.05) is 30.4 Å². The van der Waals surface area contributed by atoms with Gasteiger partial charge in [0.15, 0.2) is 11.5 Å². The second-order valence-electron chi connectivity index (χ2n) is 6.35. The Balaban J connectivity index is 1.85. The number of benzene rings is 2. The summed E-state index contributed by atoms with van der Waals surface area (Å²) in [5, 5.41) is 14.6. The molecule has 0 bridgehead atoms. The number of hydrogen-bond donors (Lipinski definition) is 1. The number of azide groups is 1. The second kappa shape index (κ2) is 6.77. The summed E-state index contributed by atoms with van der Waals surface area (Å²) in [6.07, 6.45) is 0. The highest BCUT2D eigenvalue weighted by atomic mass is 16.7. The number of pyridine rings is 1. The molecule has 4 rings (SSSR count). The number of aromatic nitrogens is 1. The van der Waals surface area contributed by atoms with E-state index in [-0.39, 0.29) is 23.5 Å². The number of anilines is 1. The fraction of sp³-hybridized carbons (Fsp3) is 0.158. The standard InChI is InChI=1S/C19H15N5O5/c1-23(11-5-3-10(4-6-11)21-22-20)18(26)15-16(25)14-12(24(2)19(15)27)7-8-13-17(14)29-9-28-13/h3-8,25H,9H2,1-2H3. The summed E-state index contributed by atoms with van der Waals surface area (Å²) in [6.45, 7) is -0.0164. The highest BCUT2D eigenvalue weighted by Crippen LogP contribution is 2.43. The van der Waals surface area contributed by atoms with Crippen LogP contribution in [0, 0.1) is 0 Å². The third-order valence-corrected chi connectivity index (χ3v) is 4.79. The number of aromatic hydroxyl groups is 1. The third kappa shape index (κ3) is 2.79. The van der Waals surface area contributed by atoms with Crippen molar-refractivity contribution in [1.82, 2.24) is 4.57 Å². The molecule has 1 aromatic heterocycles. The van der Waals surface area contributed by atoms with Crippen molar-refractivity contribution < 1.29 is 19.4 Å². The van der Waals surface area contributed by atoms with Gasteiger partial charge in [0.1, 0.15) is 11.3 Å². The van der Waals surface area contributed by atoms with Crippen molar-refractivity contribution in [1.29, 1.82) is 0 Å². The van der Waals surface area contributed by atoms with Crippen LogP contribution in [0.25, 0.3) is 21.3 Å². The van der Waals surface area contributed by atoms with E-state index in [1.807, 2.05) is 0 Å². The second-order valence-corrected chi connectivity index (χ2v) is 6.35. The van der Waals surface area contributed by atoms with Crippen LogP contribution >= 0.6 is 0 Å². The Kier molecular flexibility index (Phi) is 4.25. The van der Waals surface area contributed by atoms with Gasteiger partial charge in [0.25, 0.3) is 11.5 Å². The van der Waals surface area contributed by atoms with E-state index in [1.165, 1.54) is 35.7 Å². The first-order chi connectivity index (χ1) is 13.9. The van der Waals surface area contributed by atoms with Crippen LogP contribution in [-0.2, 0) is 7.05 Å². The van der Waals surface area contributed by atoms with Gasteiger partial charge in [0.2, 0.25) is 6.79 Å². The van der Waals surface area contributed by atoms with Gasteiger partial charge in [-0.2, -0.15) is 0 Å². The third-order valence-electron chi connectivity index (χ3n) is 4.79. The van der Waals surface area contributed by atoms with Crippen molar-refractivity contribution in [2.75, 3.05) is 18.7 Å². The van der Waals surface area contributed by atoms with Crippen molar-refractivity contribution in [3.05, 3.63) is 62.8 Å². The monoisotopic (exact) mass is 393 g/mol. The quantitative estimate of drug-likeness (QED) is 0.415. The average Bonchev–Trinajstić information content (AvgIpc) is 3.20. The minimum Gasteiger partial charge on any atom is -0.506 e. The molecule has 10 nitrogen and oxygen atoms in total. The molecule has 1 N–H and O–H groups in total. The molecule has 146 valence electrons. The molecule has 0 aliphatic carbocycles. The van der Waals surface area contributed by atoms with E-state index in [0.29, 0.717) is 22.6 Å². The van der Waals surface area contributed by atoms with Gasteiger partial charge in [-0.25, -0.2) is 0 Å². The number of hydrogen-bond acceptors (Lipinski definition) is 6. The SMILES string of the molecule is CN(C(=O)c1c(O)c2c3c(ccc2n(C)c1=O)OCO3)c1ccc(N=[N+]=[N-])cc1. The van der Waals surface area contributed by atoms with E-state index in [9.17, 15) is 14.7 Å². The number of nitrogens with zero attached hydrogens (tertiary/aromatic N) is 5. The lowest BCUT2D eigenvalue weighted by Gasteiger charge is -2.19. The highest BCUT2D eigenvalue weighted by Gasteiger charge is 2.29. The summed E-state index contributed by atoms with van der Waals surface area (Å²) in [6, 6.07) is 9.47. The Morgan fingerprint density at radius 1 is 1.24 bits per heavy atom. The van der Waals surface area contributed by atoms with Crippen LogP contribution < -0.4 is 19.9 Å². The summed E-state index contributed by atoms with van der Waals surface area (Å²) >= 11 is 0. The molecule has 1 aliphatic heterocycles. The number of rotatable bonds is 3. The van der Waals surface area contributed by atoms with Crippen molar-refractivity contribution in [3.63, 3.8) is 0 Å². The first kappa shape index (κ1) is 18.2. The van der Waals surface area contributed by atoms with E-state index in [4.69, 9.17) is 15.0 Å². The lowest BCUT2D eigenvalue weighted by atomic mass is 10.1. The zero-order valence-electron chi connectivity index (χ0n) is 15.5. The van der Waals surface area contributed by atoms with Gasteiger partial charge in [-0.15, -0.1) is 0 Å². The van der Waals surface area contributed by atoms with Crippen molar-refractivity contribution >= 4 is 28.2 Å². The molecule has 3 aromatic rings. The molecule has 0 atom stereocenters. The lowest BCUT2D eigenvalue weighted by Crippen LogP contribution is -2.34. The van der Waals surface area contributed by atoms with Crippen molar-refractivity contribution in [2.45, 2.75) is 0 Å². The molecule has 0 fully saturated rings. The van der Waals surface area contributed by atoms with Gasteiger partial charge in [0.05, 0.1) is 10.9 Å². The Hall–Kier alpha value is -4.17. The number of carbonyl (C=O) groups is 1. The maximum Gasteiger partial charge on any atom is 0.267 e. The Morgan fingerprint density at radius 3 is 2.66 bits per heavy atom. The molecule has 1 amide bonds. The minimum atomic E-state index is -0.696. The smallest absolute Gasteiger partial charge is 0.267 e. The number of fused-ring (bicyclic) bond motifs is 3. The van der Waals surface area contributed by atoms with Gasteiger partial charge >= 0.3 is 0 Å². The Bertz CT molecular complexity index is 1260. The fourth-order valence-corrected chi connectivity index (χ4v) is 3.25. The van der Waals surface area contributed by atoms with E-state index < -0.39 is 17.2 Å². The molecule has 2 heterocycles. The molecule has 0 spiro atoms. The predicted molar refractivity (Wildman–Crippen MR) is 105 cm³/mol. The molecule has 0 saturated carbocycles. The molecule has 0 saturated heterocycles. The molecule has 0 unspecified atom stereocenters. The zero-order chi connectivity index (χ0) is 20.7. The van der Waals surface area contributed by atoms with Gasteiger partial charge < -0.3 is 24.0 Å². The summed E-state index contributed by atoms with van der Waals surface area (Å²) in [5.41, 5.74) is 8.70. The van der Waals surface area contributed by atoms with E-state index in [0.717, 1.165) is 0 Å². The highest BCUT2D eigenvalue weighted by molar-refractivity contribution is 6.11. The predicted octanol–water partition coefficient (Wildman–Crippen LogP) is 3.19. The van der Waals surface area contributed by atoms with Gasteiger partial charge in [-0.1, -0.05) is 17.2 Å². The first-order valence-corrected chi connectivity index (χ1v) is 8.51. The van der Waals surface area contributed by atoms with Crippen LogP contribution in [-0.4, -0.2) is 29.4 Å². The fourth-order valence-electron chi connectivity index (χ4n) is 3.25. The van der Waals surface area contributed by atoms with Crippen LogP contribution in [0.5, 0.6) is 17.2 Å². The molecule has 0 radical (unpaired) electrons. The Morgan fingerprint density at radius 2 is 1.97 bits per heavy atom. The number of ether oxygens (including phenoxy) is 2. The van der Waals surface area contributed by atoms with E-state index in [1.54, 1.807) is 24.3 Å². The lowest BCUT2D eigenvalue weighted by molar-refractivity contribution is 0.0988. The van der Waals surface area contributed by atoms with Crippen LogP contribution in [0.4, 0.5) is 11.4 Å². The number of aryl methyl sites for hydroxylation is 1. The topological polar surface area (TPSA) is 130 Å². The normalized spacial score (nSPS) is 11.9. The van der Waals surface area contributed by atoms with Crippen LogP contribution in [0.2, 0.25) is 0 Å². The summed E-state index contributed by atoms with van der Waals surface area (Å²) in [7, 11) is 2.99. The maximum absolute atomic E-state index is 13.1. The number of amides is 1.